The van der Waals surface area contributed by atoms with Gasteiger partial charge in [-0.3, -0.25) is 0 Å². The van der Waals surface area contributed by atoms with Gasteiger partial charge in [0, 0.05) is 0 Å². The second-order valence-corrected chi connectivity index (χ2v) is 10.2. The van der Waals surface area contributed by atoms with E-state index in [2.05, 4.69) is 36.2 Å². The quantitative estimate of drug-likeness (QED) is 0.186. The van der Waals surface area contributed by atoms with Crippen molar-refractivity contribution in [3.8, 4) is 11.4 Å². The highest BCUT2D eigenvalue weighted by atomic mass is 16.3. The molecule has 1 aromatic heterocycles. The minimum absolute atomic E-state index is 0.344. The second kappa shape index (κ2) is 15.6. The first-order valence-electron chi connectivity index (χ1n) is 14.4. The lowest BCUT2D eigenvalue weighted by Gasteiger charge is -2.13. The van der Waals surface area contributed by atoms with Gasteiger partial charge in [-0.2, -0.15) is 0 Å². The van der Waals surface area contributed by atoms with Crippen LogP contribution in [0.3, 0.4) is 0 Å². The Balaban J connectivity index is 1.64. The molecule has 4 nitrogen and oxygen atoms in total. The Bertz CT molecular complexity index is 961. The topological polar surface area (TPSA) is 50.9 Å². The summed E-state index contributed by atoms with van der Waals surface area (Å²) >= 11 is 0. The summed E-state index contributed by atoms with van der Waals surface area (Å²) in [5.41, 5.74) is 4.77. The van der Waals surface area contributed by atoms with Gasteiger partial charge in [0.05, 0.1) is 0 Å². The Morgan fingerprint density at radius 1 is 0.629 bits per heavy atom. The number of rotatable bonds is 18. The van der Waals surface area contributed by atoms with Gasteiger partial charge in [-0.05, 0) is 55.0 Å². The number of phenolic OH excluding ortho intramolecular Hbond substituents is 1. The lowest BCUT2D eigenvalue weighted by molar-refractivity contribution is 0.458. The molecule has 0 aliphatic heterocycles. The van der Waals surface area contributed by atoms with Crippen molar-refractivity contribution in [1.29, 1.82) is 0 Å². The summed E-state index contributed by atoms with van der Waals surface area (Å²) in [7, 11) is 0. The van der Waals surface area contributed by atoms with Crippen molar-refractivity contribution < 1.29 is 5.11 Å². The molecule has 35 heavy (non-hydrogen) atoms. The van der Waals surface area contributed by atoms with Crippen LogP contribution < -0.4 is 0 Å². The van der Waals surface area contributed by atoms with Gasteiger partial charge in [-0.25, -0.2) is 0 Å². The molecule has 3 aromatic rings. The van der Waals surface area contributed by atoms with Crippen LogP contribution in [0.25, 0.3) is 16.7 Å². The molecule has 0 saturated heterocycles. The number of aromatic hydroxyl groups is 1. The van der Waals surface area contributed by atoms with E-state index < -0.39 is 0 Å². The molecule has 0 saturated carbocycles. The number of aryl methyl sites for hydroxylation is 2. The van der Waals surface area contributed by atoms with Crippen LogP contribution >= 0.6 is 0 Å². The first kappa shape index (κ1) is 27.2. The van der Waals surface area contributed by atoms with Gasteiger partial charge < -0.3 is 5.11 Å². The predicted molar refractivity (Wildman–Crippen MR) is 149 cm³/mol. The number of phenols is 1. The Hall–Kier alpha value is -2.36. The number of fused-ring (bicyclic) bond motifs is 1. The smallest absolute Gasteiger partial charge is 0.146 e. The van der Waals surface area contributed by atoms with E-state index in [0.717, 1.165) is 41.5 Å². The summed E-state index contributed by atoms with van der Waals surface area (Å²) in [6, 6.07) is 12.2. The van der Waals surface area contributed by atoms with Crippen molar-refractivity contribution in [3.63, 3.8) is 0 Å². The van der Waals surface area contributed by atoms with Crippen LogP contribution in [-0.2, 0) is 12.8 Å². The van der Waals surface area contributed by atoms with Crippen molar-refractivity contribution in [1.82, 2.24) is 15.0 Å². The monoisotopic (exact) mass is 477 g/mol. The summed E-state index contributed by atoms with van der Waals surface area (Å²) in [5, 5.41) is 20.5. The number of nitrogens with zero attached hydrogens (tertiary/aromatic N) is 3. The van der Waals surface area contributed by atoms with E-state index in [1.807, 2.05) is 24.3 Å². The molecule has 1 heterocycles. The molecule has 0 amide bonds. The predicted octanol–water partition coefficient (Wildman–Crippen LogP) is 9.10. The third kappa shape index (κ3) is 8.98. The fourth-order valence-electron chi connectivity index (χ4n) is 4.93. The van der Waals surface area contributed by atoms with Crippen LogP contribution in [-0.4, -0.2) is 20.1 Å². The summed E-state index contributed by atoms with van der Waals surface area (Å²) < 4.78 is 0. The summed E-state index contributed by atoms with van der Waals surface area (Å²) in [5.74, 6) is 0.344. The zero-order valence-electron chi connectivity index (χ0n) is 22.3. The zero-order chi connectivity index (χ0) is 24.7. The largest absolute Gasteiger partial charge is 0.505 e. The van der Waals surface area contributed by atoms with Crippen molar-refractivity contribution >= 4 is 11.0 Å². The Morgan fingerprint density at radius 3 is 1.66 bits per heavy atom. The van der Waals surface area contributed by atoms with Gasteiger partial charge in [0.15, 0.2) is 0 Å². The molecule has 0 bridgehead atoms. The van der Waals surface area contributed by atoms with Crippen LogP contribution in [0.4, 0.5) is 0 Å². The standard InChI is InChI=1S/C31H47N3O/c1-3-5-7-9-11-13-15-17-21-27-24-26(20-16-14-12-10-8-6-4-2)25-30(31(27)35)34-32-28-22-18-19-23-29(28)33-34/h18-19,22-25,35H,3-17,20-21H2,1-2H3. The van der Waals surface area contributed by atoms with Crippen molar-refractivity contribution in [2.75, 3.05) is 0 Å². The van der Waals surface area contributed by atoms with E-state index in [1.165, 1.54) is 95.5 Å². The highest BCUT2D eigenvalue weighted by Gasteiger charge is 2.15. The Kier molecular flexibility index (Phi) is 12.1. The first-order valence-corrected chi connectivity index (χ1v) is 14.4. The molecule has 192 valence electrons. The second-order valence-electron chi connectivity index (χ2n) is 10.2. The lowest BCUT2D eigenvalue weighted by atomic mass is 9.98. The van der Waals surface area contributed by atoms with Gasteiger partial charge >= 0.3 is 0 Å². The number of aromatic nitrogens is 3. The van der Waals surface area contributed by atoms with Crippen LogP contribution in [0.2, 0.25) is 0 Å². The number of hydrogen-bond acceptors (Lipinski definition) is 3. The summed E-state index contributed by atoms with van der Waals surface area (Å²) in [4.78, 5) is 1.63. The number of unbranched alkanes of at least 4 members (excludes halogenated alkanes) is 13. The lowest BCUT2D eigenvalue weighted by Crippen LogP contribution is -2.03. The molecule has 0 radical (unpaired) electrons. The Labute approximate surface area is 213 Å². The van der Waals surface area contributed by atoms with Gasteiger partial charge in [0.2, 0.25) is 0 Å². The van der Waals surface area contributed by atoms with Gasteiger partial charge in [0.25, 0.3) is 0 Å². The molecule has 0 fully saturated rings. The van der Waals surface area contributed by atoms with Gasteiger partial charge in [-0.1, -0.05) is 116 Å². The number of hydrogen-bond donors (Lipinski definition) is 1. The van der Waals surface area contributed by atoms with Crippen molar-refractivity contribution in [2.45, 2.75) is 123 Å². The van der Waals surface area contributed by atoms with E-state index in [0.29, 0.717) is 5.75 Å². The normalized spacial score (nSPS) is 11.5. The van der Waals surface area contributed by atoms with E-state index in [9.17, 15) is 5.11 Å². The Morgan fingerprint density at radius 2 is 1.11 bits per heavy atom. The maximum atomic E-state index is 11.2. The van der Waals surface area contributed by atoms with Gasteiger partial charge in [-0.15, -0.1) is 15.0 Å². The molecule has 0 aliphatic rings. The molecule has 0 aliphatic carbocycles. The van der Waals surface area contributed by atoms with E-state index >= 15 is 0 Å². The third-order valence-electron chi connectivity index (χ3n) is 7.10. The summed E-state index contributed by atoms with van der Waals surface area (Å²) in [6.07, 6.45) is 21.5. The third-order valence-corrected chi connectivity index (χ3v) is 7.10. The summed E-state index contributed by atoms with van der Waals surface area (Å²) in [6.45, 7) is 4.54. The average Bonchev–Trinajstić information content (AvgIpc) is 3.30. The molecular weight excluding hydrogens is 430 g/mol. The maximum absolute atomic E-state index is 11.2. The highest BCUT2D eigenvalue weighted by Crippen LogP contribution is 2.30. The van der Waals surface area contributed by atoms with E-state index in [4.69, 9.17) is 0 Å². The van der Waals surface area contributed by atoms with Crippen molar-refractivity contribution in [3.05, 3.63) is 47.5 Å². The highest BCUT2D eigenvalue weighted by molar-refractivity contribution is 5.73. The van der Waals surface area contributed by atoms with Crippen molar-refractivity contribution in [2.24, 2.45) is 0 Å². The molecular formula is C31H47N3O. The van der Waals surface area contributed by atoms with Crippen LogP contribution in [0.1, 0.15) is 121 Å². The first-order chi connectivity index (χ1) is 17.2. The van der Waals surface area contributed by atoms with E-state index in [-0.39, 0.29) is 0 Å². The van der Waals surface area contributed by atoms with Crippen LogP contribution in [0.15, 0.2) is 36.4 Å². The van der Waals surface area contributed by atoms with Crippen LogP contribution in [0.5, 0.6) is 5.75 Å². The molecule has 4 heteroatoms. The molecule has 2 aromatic carbocycles. The molecule has 0 atom stereocenters. The molecule has 0 unspecified atom stereocenters. The fraction of sp³-hybridized carbons (Fsp3) is 0.613. The zero-order valence-corrected chi connectivity index (χ0v) is 22.3. The SMILES string of the molecule is CCCCCCCCCCc1cc(CCCCCCCCC)cc(-n2nc3ccccc3n2)c1O. The van der Waals surface area contributed by atoms with Gasteiger partial charge in [0.1, 0.15) is 22.5 Å². The maximum Gasteiger partial charge on any atom is 0.146 e. The minimum atomic E-state index is 0.344. The average molecular weight is 478 g/mol. The van der Waals surface area contributed by atoms with E-state index in [1.54, 1.807) is 4.80 Å². The molecule has 1 N–H and O–H groups in total. The molecule has 3 rings (SSSR count). The molecule has 0 spiro atoms. The van der Waals surface area contributed by atoms with Crippen LogP contribution in [0, 0.1) is 0 Å². The minimum Gasteiger partial charge on any atom is -0.505 e. The fourth-order valence-corrected chi connectivity index (χ4v) is 4.93. The number of benzene rings is 2.